The van der Waals surface area contributed by atoms with Crippen molar-refractivity contribution in [3.63, 3.8) is 0 Å². The van der Waals surface area contributed by atoms with Crippen molar-refractivity contribution in [1.29, 1.82) is 0 Å². The number of likely N-dealkylation sites (N-methyl/N-ethyl adjacent to an activating group) is 1. The molecule has 2 amide bonds. The number of nitrogens with one attached hydrogen (secondary N) is 1. The number of nitrogens with zero attached hydrogens (tertiary/aromatic N) is 1. The second-order valence-electron chi connectivity index (χ2n) is 6.38. The Kier molecular flexibility index (Phi) is 9.27. The van der Waals surface area contributed by atoms with Crippen molar-refractivity contribution >= 4 is 46.8 Å². The Morgan fingerprint density at radius 1 is 1.14 bits per heavy atom. The molecule has 0 saturated heterocycles. The van der Waals surface area contributed by atoms with Crippen LogP contribution in [0.5, 0.6) is 0 Å². The first kappa shape index (κ1) is 23.5. The topological polar surface area (TPSA) is 49.4 Å². The van der Waals surface area contributed by atoms with Crippen molar-refractivity contribution in [3.8, 4) is 0 Å². The average Bonchev–Trinajstić information content (AvgIpc) is 2.69. The summed E-state index contributed by atoms with van der Waals surface area (Å²) in [7, 11) is 0. The van der Waals surface area contributed by atoms with Crippen LogP contribution >= 0.6 is 35.0 Å². The van der Waals surface area contributed by atoms with Gasteiger partial charge in [-0.3, -0.25) is 9.59 Å². The quantitative estimate of drug-likeness (QED) is 0.582. The zero-order valence-electron chi connectivity index (χ0n) is 16.3. The fraction of sp³-hybridized carbons (Fsp3) is 0.333. The van der Waals surface area contributed by atoms with Crippen LogP contribution in [0.15, 0.2) is 42.5 Å². The fourth-order valence-electron chi connectivity index (χ4n) is 2.70. The van der Waals surface area contributed by atoms with E-state index in [0.29, 0.717) is 33.5 Å². The van der Waals surface area contributed by atoms with E-state index < -0.39 is 6.04 Å². The van der Waals surface area contributed by atoms with Gasteiger partial charge in [-0.2, -0.15) is 0 Å². The number of rotatable bonds is 9. The zero-order chi connectivity index (χ0) is 21.4. The van der Waals surface area contributed by atoms with Crippen molar-refractivity contribution in [2.75, 3.05) is 12.3 Å². The predicted molar refractivity (Wildman–Crippen MR) is 118 cm³/mol. The van der Waals surface area contributed by atoms with E-state index in [4.69, 9.17) is 23.2 Å². The van der Waals surface area contributed by atoms with Crippen LogP contribution in [0.1, 0.15) is 25.0 Å². The summed E-state index contributed by atoms with van der Waals surface area (Å²) in [4.78, 5) is 26.8. The molecule has 0 aliphatic carbocycles. The van der Waals surface area contributed by atoms with Gasteiger partial charge in [-0.1, -0.05) is 47.5 Å². The first-order chi connectivity index (χ1) is 13.8. The molecule has 0 spiro atoms. The molecule has 0 bridgehead atoms. The largest absolute Gasteiger partial charge is 0.355 e. The van der Waals surface area contributed by atoms with Crippen LogP contribution in [0, 0.1) is 5.82 Å². The lowest BCUT2D eigenvalue weighted by atomic mass is 10.1. The molecule has 0 heterocycles. The molecular formula is C21H23Cl2FN2O2S. The highest BCUT2D eigenvalue weighted by molar-refractivity contribution is 7.99. The Labute approximate surface area is 184 Å². The predicted octanol–water partition coefficient (Wildman–Crippen LogP) is 4.92. The Morgan fingerprint density at radius 2 is 1.79 bits per heavy atom. The van der Waals surface area contributed by atoms with E-state index >= 15 is 0 Å². The molecule has 0 aliphatic heterocycles. The molecular weight excluding hydrogens is 434 g/mol. The average molecular weight is 457 g/mol. The molecule has 1 atom stereocenters. The molecule has 2 aromatic carbocycles. The Bertz CT molecular complexity index is 846. The maximum atomic E-state index is 13.8. The highest BCUT2D eigenvalue weighted by Crippen LogP contribution is 2.27. The molecule has 0 unspecified atom stereocenters. The number of hydrogen-bond donors (Lipinski definition) is 1. The van der Waals surface area contributed by atoms with Crippen molar-refractivity contribution in [1.82, 2.24) is 10.2 Å². The van der Waals surface area contributed by atoms with E-state index in [2.05, 4.69) is 5.32 Å². The summed E-state index contributed by atoms with van der Waals surface area (Å²) < 4.78 is 13.8. The Morgan fingerprint density at radius 3 is 2.41 bits per heavy atom. The maximum Gasteiger partial charge on any atom is 0.242 e. The number of thioether (sulfide) groups is 1. The molecule has 0 radical (unpaired) electrons. The summed E-state index contributed by atoms with van der Waals surface area (Å²) in [6.45, 7) is 4.04. The van der Waals surface area contributed by atoms with Gasteiger partial charge in [0.25, 0.3) is 0 Å². The molecule has 4 nitrogen and oxygen atoms in total. The van der Waals surface area contributed by atoms with E-state index in [-0.39, 0.29) is 29.9 Å². The smallest absolute Gasteiger partial charge is 0.242 e. The minimum atomic E-state index is -0.705. The zero-order valence-corrected chi connectivity index (χ0v) is 18.6. The van der Waals surface area contributed by atoms with Gasteiger partial charge in [0.1, 0.15) is 11.9 Å². The fourth-order valence-corrected chi connectivity index (χ4v) is 4.12. The molecule has 2 rings (SSSR count). The molecule has 2 aromatic rings. The third-order valence-corrected chi connectivity index (χ3v) is 6.02. The number of carbonyl (C=O) groups excluding carboxylic acids is 2. The molecule has 29 heavy (non-hydrogen) atoms. The van der Waals surface area contributed by atoms with Crippen LogP contribution in [0.3, 0.4) is 0 Å². The van der Waals surface area contributed by atoms with E-state index in [1.807, 2.05) is 6.92 Å². The van der Waals surface area contributed by atoms with E-state index in [1.165, 1.54) is 22.7 Å². The third-order valence-electron chi connectivity index (χ3n) is 4.35. The van der Waals surface area contributed by atoms with Crippen molar-refractivity contribution in [2.45, 2.75) is 32.2 Å². The van der Waals surface area contributed by atoms with Gasteiger partial charge in [0.05, 0.1) is 5.75 Å². The standard InChI is InChI=1S/C21H23Cl2FN2O2S/c1-3-25-21(28)14(2)26(11-16-17(22)8-6-9-18(16)23)20(27)13-29-12-15-7-4-5-10-19(15)24/h4-10,14H,3,11-13H2,1-2H3,(H,25,28)/t14-/m0/s1. The molecule has 0 saturated carbocycles. The molecule has 156 valence electrons. The molecule has 8 heteroatoms. The lowest BCUT2D eigenvalue weighted by Gasteiger charge is -2.29. The van der Waals surface area contributed by atoms with Gasteiger partial charge in [0.15, 0.2) is 0 Å². The first-order valence-electron chi connectivity index (χ1n) is 9.16. The number of benzene rings is 2. The van der Waals surface area contributed by atoms with Crippen LogP contribution in [-0.4, -0.2) is 35.1 Å². The van der Waals surface area contributed by atoms with Crippen LogP contribution in [0.2, 0.25) is 10.0 Å². The van der Waals surface area contributed by atoms with E-state index in [0.717, 1.165) is 0 Å². The second-order valence-corrected chi connectivity index (χ2v) is 8.18. The number of carbonyl (C=O) groups is 2. The number of amides is 2. The van der Waals surface area contributed by atoms with Crippen LogP contribution < -0.4 is 5.32 Å². The lowest BCUT2D eigenvalue weighted by Crippen LogP contribution is -2.48. The van der Waals surface area contributed by atoms with Crippen molar-refractivity contribution < 1.29 is 14.0 Å². The lowest BCUT2D eigenvalue weighted by molar-refractivity contribution is -0.138. The number of hydrogen-bond acceptors (Lipinski definition) is 3. The van der Waals surface area contributed by atoms with Crippen molar-refractivity contribution in [3.05, 3.63) is 69.5 Å². The summed E-state index contributed by atoms with van der Waals surface area (Å²) in [6, 6.07) is 10.8. The van der Waals surface area contributed by atoms with Gasteiger partial charge >= 0.3 is 0 Å². The van der Waals surface area contributed by atoms with E-state index in [1.54, 1.807) is 43.3 Å². The van der Waals surface area contributed by atoms with Gasteiger partial charge in [-0.05, 0) is 37.6 Å². The van der Waals surface area contributed by atoms with Crippen molar-refractivity contribution in [2.24, 2.45) is 0 Å². The minimum absolute atomic E-state index is 0.0974. The van der Waals surface area contributed by atoms with E-state index in [9.17, 15) is 14.0 Å². The van der Waals surface area contributed by atoms with Gasteiger partial charge in [0, 0.05) is 34.5 Å². The maximum absolute atomic E-state index is 13.8. The highest BCUT2D eigenvalue weighted by Gasteiger charge is 2.27. The summed E-state index contributed by atoms with van der Waals surface area (Å²) in [6.07, 6.45) is 0. The second kappa shape index (κ2) is 11.4. The SMILES string of the molecule is CCNC(=O)[C@H](C)N(Cc1c(Cl)cccc1Cl)C(=O)CSCc1ccccc1F. The molecule has 1 N–H and O–H groups in total. The highest BCUT2D eigenvalue weighted by atomic mass is 35.5. The summed E-state index contributed by atoms with van der Waals surface area (Å²) in [5, 5.41) is 3.59. The Hall–Kier alpha value is -1.76. The molecule has 0 fully saturated rings. The van der Waals surface area contributed by atoms with Gasteiger partial charge in [0.2, 0.25) is 11.8 Å². The van der Waals surface area contributed by atoms with Gasteiger partial charge in [-0.15, -0.1) is 11.8 Å². The summed E-state index contributed by atoms with van der Waals surface area (Å²) in [5.74, 6) is -0.360. The van der Waals surface area contributed by atoms with Gasteiger partial charge in [-0.25, -0.2) is 4.39 Å². The minimum Gasteiger partial charge on any atom is -0.355 e. The molecule has 0 aromatic heterocycles. The Balaban J connectivity index is 2.14. The summed E-state index contributed by atoms with van der Waals surface area (Å²) in [5.41, 5.74) is 1.11. The first-order valence-corrected chi connectivity index (χ1v) is 11.1. The van der Waals surface area contributed by atoms with Crippen LogP contribution in [0.4, 0.5) is 4.39 Å². The monoisotopic (exact) mass is 456 g/mol. The normalized spacial score (nSPS) is 11.8. The summed E-state index contributed by atoms with van der Waals surface area (Å²) >= 11 is 13.8. The van der Waals surface area contributed by atoms with Gasteiger partial charge < -0.3 is 10.2 Å². The van der Waals surface area contributed by atoms with Crippen LogP contribution in [-0.2, 0) is 21.9 Å². The molecule has 0 aliphatic rings. The number of halogens is 3. The van der Waals surface area contributed by atoms with Crippen LogP contribution in [0.25, 0.3) is 0 Å². The third kappa shape index (κ3) is 6.63.